The summed E-state index contributed by atoms with van der Waals surface area (Å²) in [4.78, 5) is -1.93. The van der Waals surface area contributed by atoms with E-state index in [0.717, 1.165) is 60.8 Å². The molecule has 45 heavy (non-hydrogen) atoms. The van der Waals surface area contributed by atoms with E-state index in [1.807, 2.05) is 20.8 Å². The molecule has 2 rings (SSSR count). The molecule has 0 atom stereocenters. The summed E-state index contributed by atoms with van der Waals surface area (Å²) < 4.78 is 209. The molecule has 0 aliphatic carbocycles. The van der Waals surface area contributed by atoms with Crippen molar-refractivity contribution in [1.82, 2.24) is 0 Å². The van der Waals surface area contributed by atoms with Crippen LogP contribution in [0.4, 0.5) is 65.9 Å². The number of hydrogen-bond donors (Lipinski definition) is 0. The summed E-state index contributed by atoms with van der Waals surface area (Å²) in [6.45, 7) is 6.09. The molecule has 0 aliphatic rings. The molecule has 260 valence electrons. The van der Waals surface area contributed by atoms with Crippen LogP contribution in [0.25, 0.3) is 9.75 Å². The zero-order valence-electron chi connectivity index (χ0n) is 24.2. The van der Waals surface area contributed by atoms with Crippen LogP contribution < -0.4 is 2.89 Å². The topological polar surface area (TPSA) is 0 Å². The molecule has 0 saturated heterocycles. The van der Waals surface area contributed by atoms with Crippen LogP contribution in [0.1, 0.15) is 64.2 Å². The molecular formula is C27H31F15S2Sn. The van der Waals surface area contributed by atoms with Gasteiger partial charge in [-0.05, 0) is 0 Å². The monoisotopic (exact) mass is 824 g/mol. The molecule has 0 spiro atoms. The third-order valence-electron chi connectivity index (χ3n) is 7.64. The van der Waals surface area contributed by atoms with Gasteiger partial charge in [-0.1, -0.05) is 0 Å². The Morgan fingerprint density at radius 1 is 0.489 bits per heavy atom. The molecule has 0 fully saturated rings. The summed E-state index contributed by atoms with van der Waals surface area (Å²) in [7, 11) is 0. The second-order valence-electron chi connectivity index (χ2n) is 10.9. The normalized spacial score (nSPS) is 14.8. The number of alkyl halides is 15. The fourth-order valence-electron chi connectivity index (χ4n) is 4.81. The van der Waals surface area contributed by atoms with Gasteiger partial charge in [0.05, 0.1) is 0 Å². The molecule has 0 N–H and O–H groups in total. The molecule has 0 radical (unpaired) electrons. The van der Waals surface area contributed by atoms with Gasteiger partial charge in [0.1, 0.15) is 0 Å². The maximum atomic E-state index is 14.8. The van der Waals surface area contributed by atoms with Gasteiger partial charge in [0.2, 0.25) is 0 Å². The van der Waals surface area contributed by atoms with E-state index in [2.05, 4.69) is 0 Å². The fourth-order valence-corrected chi connectivity index (χ4v) is 26.1. The van der Waals surface area contributed by atoms with Crippen LogP contribution in [0, 0.1) is 0 Å². The SMILES string of the molecule is CCC[CH2][Sn]([CH2]CCC)([CH2]CCC)[c]1ccc(-c2ccc(C(F)(F)C(F)(F)C(F)(F)C(F)(F)C(F)(F)C(F)(F)C(F)(F)F)s2)s1. The van der Waals surface area contributed by atoms with Gasteiger partial charge >= 0.3 is 241 Å². The van der Waals surface area contributed by atoms with Crippen LogP contribution in [-0.4, -0.2) is 54.2 Å². The summed E-state index contributed by atoms with van der Waals surface area (Å²) >= 11 is -2.12. The number of hydrogen-bond acceptors (Lipinski definition) is 2. The van der Waals surface area contributed by atoms with E-state index in [9.17, 15) is 65.9 Å². The summed E-state index contributed by atoms with van der Waals surface area (Å²) in [5.74, 6) is -46.6. The standard InChI is InChI=1S/C15H4F15S2.3C4H9.Sn/c16-9(17,8-4-3-7(32-8)6-2-1-5-31-6)10(18,19)11(20,21)12(22,23)13(24,25)14(26,27)15(28,29)30;3*1-3-4-2;/h1-4H;3*1,3-4H2,2H3;. The van der Waals surface area contributed by atoms with Crippen molar-refractivity contribution in [3.05, 3.63) is 29.1 Å². The molecule has 0 nitrogen and oxygen atoms in total. The Balaban J connectivity index is 2.55. The maximum absolute atomic E-state index is 14.8. The van der Waals surface area contributed by atoms with Crippen molar-refractivity contribution in [2.75, 3.05) is 0 Å². The van der Waals surface area contributed by atoms with E-state index in [1.165, 1.54) is 17.4 Å². The van der Waals surface area contributed by atoms with Gasteiger partial charge < -0.3 is 0 Å². The zero-order chi connectivity index (χ0) is 34.9. The molecule has 2 aromatic rings. The third kappa shape index (κ3) is 7.00. The van der Waals surface area contributed by atoms with Crippen LogP contribution in [0.2, 0.25) is 13.3 Å². The van der Waals surface area contributed by atoms with Gasteiger partial charge in [-0.15, -0.1) is 0 Å². The van der Waals surface area contributed by atoms with Crippen molar-refractivity contribution in [3.8, 4) is 9.75 Å². The molecule has 0 aromatic carbocycles. The van der Waals surface area contributed by atoms with E-state index in [0.29, 0.717) is 0 Å². The molecule has 0 amide bonds. The Labute approximate surface area is 262 Å². The van der Waals surface area contributed by atoms with Crippen LogP contribution in [0.15, 0.2) is 24.3 Å². The van der Waals surface area contributed by atoms with E-state index in [-0.39, 0.29) is 27.2 Å². The second-order valence-corrected chi connectivity index (χ2v) is 27.2. The average Bonchev–Trinajstić information content (AvgIpc) is 3.63. The van der Waals surface area contributed by atoms with Crippen molar-refractivity contribution in [1.29, 1.82) is 0 Å². The van der Waals surface area contributed by atoms with Crippen LogP contribution in [-0.2, 0) is 5.92 Å². The van der Waals surface area contributed by atoms with Crippen molar-refractivity contribution >= 4 is 43.9 Å². The van der Waals surface area contributed by atoms with Crippen LogP contribution in [0.5, 0.6) is 0 Å². The van der Waals surface area contributed by atoms with E-state index >= 15 is 0 Å². The molecular weight excluding hydrogens is 792 g/mol. The minimum absolute atomic E-state index is 0.158. The predicted octanol–water partition coefficient (Wildman–Crippen LogP) is 12.4. The van der Waals surface area contributed by atoms with Crippen LogP contribution in [0.3, 0.4) is 0 Å². The molecule has 0 unspecified atom stereocenters. The van der Waals surface area contributed by atoms with Gasteiger partial charge in [0.15, 0.2) is 0 Å². The fraction of sp³-hybridized carbons (Fsp3) is 0.704. The number of unbranched alkanes of at least 4 members (excludes halogenated alkanes) is 3. The second kappa shape index (κ2) is 13.9. The quantitative estimate of drug-likeness (QED) is 0.110. The van der Waals surface area contributed by atoms with Gasteiger partial charge in [-0.3, -0.25) is 0 Å². The third-order valence-corrected chi connectivity index (χ3v) is 28.4. The zero-order valence-corrected chi connectivity index (χ0v) is 28.6. The first kappa shape index (κ1) is 40.3. The first-order valence-electron chi connectivity index (χ1n) is 13.9. The first-order chi connectivity index (χ1) is 20.4. The first-order valence-corrected chi connectivity index (χ1v) is 23.0. The molecule has 2 aromatic heterocycles. The summed E-state index contributed by atoms with van der Waals surface area (Å²) in [5, 5.41) is 0. The van der Waals surface area contributed by atoms with Crippen molar-refractivity contribution in [2.45, 2.75) is 114 Å². The number of rotatable bonds is 17. The molecule has 0 bridgehead atoms. The van der Waals surface area contributed by atoms with Crippen molar-refractivity contribution in [2.24, 2.45) is 0 Å². The minimum atomic E-state index is -8.29. The molecule has 18 heteroatoms. The predicted molar refractivity (Wildman–Crippen MR) is 147 cm³/mol. The summed E-state index contributed by atoms with van der Waals surface area (Å²) in [6, 6.07) is 4.28. The van der Waals surface area contributed by atoms with E-state index < -0.39 is 65.0 Å². The van der Waals surface area contributed by atoms with Gasteiger partial charge in [0.25, 0.3) is 0 Å². The van der Waals surface area contributed by atoms with Gasteiger partial charge in [-0.2, -0.15) is 22.0 Å². The average molecular weight is 823 g/mol. The van der Waals surface area contributed by atoms with Crippen molar-refractivity contribution < 1.29 is 65.9 Å². The van der Waals surface area contributed by atoms with Gasteiger partial charge in [-0.25, -0.2) is 0 Å². The van der Waals surface area contributed by atoms with Gasteiger partial charge in [0, 0.05) is 0 Å². The Bertz CT molecular complexity index is 1230. The number of halogens is 15. The molecule has 0 saturated carbocycles. The Hall–Kier alpha value is -0.851. The van der Waals surface area contributed by atoms with E-state index in [1.54, 1.807) is 6.07 Å². The Kier molecular flexibility index (Phi) is 12.5. The van der Waals surface area contributed by atoms with Crippen molar-refractivity contribution in [3.63, 3.8) is 0 Å². The molecule has 2 heterocycles. The van der Waals surface area contributed by atoms with E-state index in [4.69, 9.17) is 0 Å². The Morgan fingerprint density at radius 2 is 0.867 bits per heavy atom. The molecule has 0 aliphatic heterocycles. The summed E-state index contributed by atoms with van der Waals surface area (Å²) in [5.41, 5.74) is 0. The number of thiophene rings is 2. The Morgan fingerprint density at radius 3 is 1.29 bits per heavy atom. The van der Waals surface area contributed by atoms with Crippen LogP contribution >= 0.6 is 22.7 Å². The summed E-state index contributed by atoms with van der Waals surface area (Å²) in [6.07, 6.45) is -1.99.